The van der Waals surface area contributed by atoms with Gasteiger partial charge in [-0.05, 0) is 45.5 Å². The molecule has 0 aliphatic heterocycles. The molecule has 0 bridgehead atoms. The van der Waals surface area contributed by atoms with E-state index in [1.54, 1.807) is 7.11 Å². The molecule has 22 heavy (non-hydrogen) atoms. The van der Waals surface area contributed by atoms with Crippen molar-refractivity contribution in [1.82, 2.24) is 10.6 Å². The molecule has 0 saturated carbocycles. The van der Waals surface area contributed by atoms with Gasteiger partial charge in [-0.25, -0.2) is 4.79 Å². The van der Waals surface area contributed by atoms with Crippen LogP contribution in [0.25, 0.3) is 0 Å². The minimum Gasteiger partial charge on any atom is -0.493 e. The number of carbonyl (C=O) groups excluding carboxylic acids is 1. The number of nitrogens with one attached hydrogen (secondary N) is 2. The molecule has 0 radical (unpaired) electrons. The maximum Gasteiger partial charge on any atom is 0.407 e. The molecule has 0 fully saturated rings. The van der Waals surface area contributed by atoms with E-state index in [1.165, 1.54) is 0 Å². The Morgan fingerprint density at radius 3 is 2.55 bits per heavy atom. The Balaban J connectivity index is 2.59. The molecule has 0 saturated heterocycles. The highest BCUT2D eigenvalue weighted by molar-refractivity contribution is 5.67. The zero-order chi connectivity index (χ0) is 16.6. The van der Waals surface area contributed by atoms with Gasteiger partial charge in [0.1, 0.15) is 12.2 Å². The largest absolute Gasteiger partial charge is 0.493 e. The molecule has 6 nitrogen and oxygen atoms in total. The fourth-order valence-corrected chi connectivity index (χ4v) is 1.69. The van der Waals surface area contributed by atoms with Gasteiger partial charge >= 0.3 is 6.09 Å². The number of carbonyl (C=O) groups is 1. The Bertz CT molecular complexity index is 484. The lowest BCUT2D eigenvalue weighted by Gasteiger charge is -2.19. The number of ether oxygens (including phenoxy) is 3. The molecule has 0 aliphatic rings. The summed E-state index contributed by atoms with van der Waals surface area (Å²) in [5, 5.41) is 5.72. The molecular weight excluding hydrogens is 284 g/mol. The quantitative estimate of drug-likeness (QED) is 0.757. The summed E-state index contributed by atoms with van der Waals surface area (Å²) in [5.41, 5.74) is 0.399. The lowest BCUT2D eigenvalue weighted by molar-refractivity contribution is 0.0523. The number of amides is 1. The van der Waals surface area contributed by atoms with Gasteiger partial charge in [0.15, 0.2) is 11.5 Å². The molecular formula is C16H26N2O4. The number of benzene rings is 1. The number of alkyl carbamates (subject to hydrolysis) is 1. The number of rotatable bonds is 7. The van der Waals surface area contributed by atoms with Crippen LogP contribution < -0.4 is 20.1 Å². The van der Waals surface area contributed by atoms with Crippen molar-refractivity contribution in [3.05, 3.63) is 23.8 Å². The SMILES string of the molecule is CNCCOc1ccc(CNC(=O)OC(C)(C)C)cc1OC. The first-order valence-corrected chi connectivity index (χ1v) is 7.27. The van der Waals surface area contributed by atoms with Gasteiger partial charge < -0.3 is 24.8 Å². The summed E-state index contributed by atoms with van der Waals surface area (Å²) in [6.07, 6.45) is -0.444. The molecule has 0 heterocycles. The van der Waals surface area contributed by atoms with Crippen molar-refractivity contribution in [2.24, 2.45) is 0 Å². The number of likely N-dealkylation sites (N-methyl/N-ethyl adjacent to an activating group) is 1. The van der Waals surface area contributed by atoms with Gasteiger partial charge in [0.2, 0.25) is 0 Å². The van der Waals surface area contributed by atoms with Crippen LogP contribution in [0, 0.1) is 0 Å². The molecule has 0 spiro atoms. The van der Waals surface area contributed by atoms with Crippen molar-refractivity contribution < 1.29 is 19.0 Å². The van der Waals surface area contributed by atoms with Crippen LogP contribution in [0.1, 0.15) is 26.3 Å². The predicted molar refractivity (Wildman–Crippen MR) is 85.5 cm³/mol. The van der Waals surface area contributed by atoms with Crippen LogP contribution in [0.2, 0.25) is 0 Å². The third-order valence-corrected chi connectivity index (χ3v) is 2.67. The molecule has 1 aromatic carbocycles. The van der Waals surface area contributed by atoms with Crippen molar-refractivity contribution in [2.45, 2.75) is 32.9 Å². The summed E-state index contributed by atoms with van der Waals surface area (Å²) >= 11 is 0. The maximum atomic E-state index is 11.6. The van der Waals surface area contributed by atoms with Gasteiger partial charge in [-0.1, -0.05) is 6.07 Å². The summed E-state index contributed by atoms with van der Waals surface area (Å²) < 4.78 is 16.1. The molecule has 0 aliphatic carbocycles. The van der Waals surface area contributed by atoms with E-state index in [9.17, 15) is 4.79 Å². The van der Waals surface area contributed by atoms with E-state index in [4.69, 9.17) is 14.2 Å². The molecule has 0 aromatic heterocycles. The van der Waals surface area contributed by atoms with Gasteiger partial charge in [0.25, 0.3) is 0 Å². The second-order valence-electron chi connectivity index (χ2n) is 5.79. The second-order valence-corrected chi connectivity index (χ2v) is 5.79. The van der Waals surface area contributed by atoms with Crippen LogP contribution in [-0.2, 0) is 11.3 Å². The third kappa shape index (κ3) is 6.67. The van der Waals surface area contributed by atoms with Gasteiger partial charge in [-0.3, -0.25) is 0 Å². The number of methoxy groups -OCH3 is 1. The number of hydrogen-bond acceptors (Lipinski definition) is 5. The van der Waals surface area contributed by atoms with Crippen LogP contribution in [0.5, 0.6) is 11.5 Å². The third-order valence-electron chi connectivity index (χ3n) is 2.67. The standard InChI is InChI=1S/C16H26N2O4/c1-16(2,3)22-15(19)18-11-12-6-7-13(14(10-12)20-5)21-9-8-17-4/h6-7,10,17H,8-9,11H2,1-5H3,(H,18,19). The second kappa shape index (κ2) is 8.48. The maximum absolute atomic E-state index is 11.6. The van der Waals surface area contributed by atoms with E-state index in [-0.39, 0.29) is 0 Å². The fourth-order valence-electron chi connectivity index (χ4n) is 1.69. The monoisotopic (exact) mass is 310 g/mol. The Morgan fingerprint density at radius 2 is 1.95 bits per heavy atom. The number of hydrogen-bond donors (Lipinski definition) is 2. The highest BCUT2D eigenvalue weighted by Gasteiger charge is 2.16. The average Bonchev–Trinajstić information content (AvgIpc) is 2.44. The van der Waals surface area contributed by atoms with Gasteiger partial charge in [0.05, 0.1) is 7.11 Å². The first kappa shape index (κ1) is 18.1. The van der Waals surface area contributed by atoms with Crippen molar-refractivity contribution >= 4 is 6.09 Å². The molecule has 0 unspecified atom stereocenters. The minimum absolute atomic E-state index is 0.363. The average molecular weight is 310 g/mol. The summed E-state index contributed by atoms with van der Waals surface area (Å²) in [4.78, 5) is 11.6. The van der Waals surface area contributed by atoms with Crippen LogP contribution in [0.4, 0.5) is 4.79 Å². The van der Waals surface area contributed by atoms with E-state index in [2.05, 4.69) is 10.6 Å². The fraction of sp³-hybridized carbons (Fsp3) is 0.562. The van der Waals surface area contributed by atoms with Crippen LogP contribution in [0.3, 0.4) is 0 Å². The predicted octanol–water partition coefficient (Wildman–Crippen LogP) is 2.32. The van der Waals surface area contributed by atoms with E-state index in [0.717, 1.165) is 12.1 Å². The summed E-state index contributed by atoms with van der Waals surface area (Å²) in [6.45, 7) is 7.16. The molecule has 2 N–H and O–H groups in total. The first-order valence-electron chi connectivity index (χ1n) is 7.27. The van der Waals surface area contributed by atoms with Crippen molar-refractivity contribution in [3.63, 3.8) is 0 Å². The van der Waals surface area contributed by atoms with E-state index in [0.29, 0.717) is 24.7 Å². The van der Waals surface area contributed by atoms with Crippen molar-refractivity contribution in [1.29, 1.82) is 0 Å². The molecule has 124 valence electrons. The van der Waals surface area contributed by atoms with Crippen LogP contribution in [0.15, 0.2) is 18.2 Å². The first-order chi connectivity index (χ1) is 10.4. The smallest absolute Gasteiger partial charge is 0.407 e. The summed E-state index contributed by atoms with van der Waals surface area (Å²) in [6, 6.07) is 5.56. The minimum atomic E-state index is -0.507. The summed E-state index contributed by atoms with van der Waals surface area (Å²) in [7, 11) is 3.46. The van der Waals surface area contributed by atoms with Gasteiger partial charge in [0, 0.05) is 13.1 Å². The zero-order valence-electron chi connectivity index (χ0n) is 14.0. The lowest BCUT2D eigenvalue weighted by atomic mass is 10.2. The molecule has 1 aromatic rings. The highest BCUT2D eigenvalue weighted by Crippen LogP contribution is 2.28. The lowest BCUT2D eigenvalue weighted by Crippen LogP contribution is -2.32. The summed E-state index contributed by atoms with van der Waals surface area (Å²) in [5.74, 6) is 1.32. The zero-order valence-corrected chi connectivity index (χ0v) is 14.0. The topological polar surface area (TPSA) is 68.8 Å². The Hall–Kier alpha value is -1.95. The van der Waals surface area contributed by atoms with E-state index in [1.807, 2.05) is 46.0 Å². The van der Waals surface area contributed by atoms with Gasteiger partial charge in [-0.2, -0.15) is 0 Å². The molecule has 1 amide bonds. The van der Waals surface area contributed by atoms with Crippen molar-refractivity contribution in [2.75, 3.05) is 27.3 Å². The molecule has 0 atom stereocenters. The Labute approximate surface area is 132 Å². The van der Waals surface area contributed by atoms with Crippen LogP contribution in [-0.4, -0.2) is 39.0 Å². The Kier molecular flexibility index (Phi) is 6.98. The van der Waals surface area contributed by atoms with Gasteiger partial charge in [-0.15, -0.1) is 0 Å². The highest BCUT2D eigenvalue weighted by atomic mass is 16.6. The van der Waals surface area contributed by atoms with E-state index >= 15 is 0 Å². The van der Waals surface area contributed by atoms with Crippen LogP contribution >= 0.6 is 0 Å². The normalized spacial score (nSPS) is 11.0. The molecule has 6 heteroatoms. The Morgan fingerprint density at radius 1 is 1.23 bits per heavy atom. The van der Waals surface area contributed by atoms with E-state index < -0.39 is 11.7 Å². The molecule has 1 rings (SSSR count). The van der Waals surface area contributed by atoms with Crippen molar-refractivity contribution in [3.8, 4) is 11.5 Å².